The largest absolute Gasteiger partial charge is 0.481 e. The molecule has 0 spiro atoms. The summed E-state index contributed by atoms with van der Waals surface area (Å²) in [5.41, 5.74) is 1.87. The van der Waals surface area contributed by atoms with Gasteiger partial charge in [-0.1, -0.05) is 12.1 Å². The SMILES string of the molecule is Br.O=C(O)CCC(NC(=O)NC(CCC(=O)NCCCCN(Cc1ccccn1)Cc1ccccn1)C(=O)O)C(=O)O. The number of nitrogens with one attached hydrogen (secondary N) is 3. The number of carbonyl (C=O) groups excluding carboxylic acids is 2. The maximum atomic E-state index is 12.3. The molecule has 0 bridgehead atoms. The van der Waals surface area contributed by atoms with Crippen molar-refractivity contribution in [3.8, 4) is 0 Å². The molecule has 2 atom stereocenters. The van der Waals surface area contributed by atoms with Gasteiger partial charge in [-0.3, -0.25) is 24.5 Å². The fraction of sp³-hybridized carbons (Fsp3) is 0.444. The molecule has 0 radical (unpaired) electrons. The minimum absolute atomic E-state index is 0. The Morgan fingerprint density at radius 1 is 0.762 bits per heavy atom. The third-order valence-corrected chi connectivity index (χ3v) is 5.96. The van der Waals surface area contributed by atoms with E-state index in [2.05, 4.69) is 25.5 Å². The second kappa shape index (κ2) is 19.9. The number of carbonyl (C=O) groups is 5. The molecule has 3 amide bonds. The second-order valence-electron chi connectivity index (χ2n) is 9.28. The standard InChI is InChI=1S/C27H36N6O8.BrH/c34-23(11-9-21(25(37)38)31-27(41)32-22(26(39)40)10-12-24(35)36)30-15-5-6-16-33(17-19-7-1-3-13-28-19)18-20-8-2-4-14-29-20;/h1-4,7-8,13-14,21-22H,5-6,9-12,15-18H2,(H,30,34)(H,35,36)(H,37,38)(H,39,40)(H2,31,32,41);1H. The van der Waals surface area contributed by atoms with Crippen LogP contribution in [-0.2, 0) is 32.3 Å². The normalized spacial score (nSPS) is 11.9. The van der Waals surface area contributed by atoms with Crippen LogP contribution in [0.2, 0.25) is 0 Å². The summed E-state index contributed by atoms with van der Waals surface area (Å²) in [5.74, 6) is -4.48. The van der Waals surface area contributed by atoms with Crippen molar-refractivity contribution in [1.29, 1.82) is 0 Å². The Labute approximate surface area is 253 Å². The van der Waals surface area contributed by atoms with Crippen LogP contribution < -0.4 is 16.0 Å². The van der Waals surface area contributed by atoms with Crippen LogP contribution in [0.25, 0.3) is 0 Å². The zero-order valence-electron chi connectivity index (χ0n) is 23.0. The van der Waals surface area contributed by atoms with Gasteiger partial charge < -0.3 is 31.3 Å². The van der Waals surface area contributed by atoms with Gasteiger partial charge in [-0.25, -0.2) is 14.4 Å². The zero-order chi connectivity index (χ0) is 30.0. The van der Waals surface area contributed by atoms with Crippen LogP contribution in [0.15, 0.2) is 48.8 Å². The summed E-state index contributed by atoms with van der Waals surface area (Å²) in [4.78, 5) is 68.7. The van der Waals surface area contributed by atoms with Gasteiger partial charge in [0.05, 0.1) is 11.4 Å². The summed E-state index contributed by atoms with van der Waals surface area (Å²) >= 11 is 0. The van der Waals surface area contributed by atoms with E-state index in [-0.39, 0.29) is 42.2 Å². The summed E-state index contributed by atoms with van der Waals surface area (Å²) in [6.07, 6.45) is 3.70. The van der Waals surface area contributed by atoms with Crippen LogP contribution in [-0.4, -0.2) is 85.2 Å². The van der Waals surface area contributed by atoms with E-state index in [4.69, 9.17) is 10.2 Å². The number of aromatic nitrogens is 2. The van der Waals surface area contributed by atoms with Crippen molar-refractivity contribution in [1.82, 2.24) is 30.8 Å². The highest BCUT2D eigenvalue weighted by atomic mass is 79.9. The molecule has 0 fully saturated rings. The molecule has 6 N–H and O–H groups in total. The van der Waals surface area contributed by atoms with Gasteiger partial charge in [0.25, 0.3) is 0 Å². The van der Waals surface area contributed by atoms with Crippen molar-refractivity contribution in [2.24, 2.45) is 0 Å². The third-order valence-electron chi connectivity index (χ3n) is 5.96. The van der Waals surface area contributed by atoms with Crippen molar-refractivity contribution in [3.05, 3.63) is 60.2 Å². The molecule has 0 saturated carbocycles. The van der Waals surface area contributed by atoms with Crippen LogP contribution in [0.1, 0.15) is 49.9 Å². The minimum Gasteiger partial charge on any atom is -0.481 e. The number of aliphatic carboxylic acids is 3. The fourth-order valence-electron chi connectivity index (χ4n) is 3.85. The summed E-state index contributed by atoms with van der Waals surface area (Å²) in [6, 6.07) is 7.46. The number of carboxylic acid groups (broad SMARTS) is 3. The third kappa shape index (κ3) is 15.0. The molecule has 0 aromatic carbocycles. The van der Waals surface area contributed by atoms with Crippen LogP contribution in [0.3, 0.4) is 0 Å². The first-order valence-corrected chi connectivity index (χ1v) is 13.2. The Hall–Kier alpha value is -4.11. The molecule has 0 aliphatic heterocycles. The summed E-state index contributed by atoms with van der Waals surface area (Å²) in [5, 5.41) is 34.1. The minimum atomic E-state index is -1.51. The monoisotopic (exact) mass is 652 g/mol. The molecular weight excluding hydrogens is 616 g/mol. The molecule has 2 unspecified atom stereocenters. The smallest absolute Gasteiger partial charge is 0.326 e. The number of amides is 3. The van der Waals surface area contributed by atoms with Crippen molar-refractivity contribution in [2.45, 2.75) is 63.7 Å². The number of unbranched alkanes of at least 4 members (excludes halogenated alkanes) is 1. The number of pyridine rings is 2. The highest BCUT2D eigenvalue weighted by Gasteiger charge is 2.25. The number of nitrogens with zero attached hydrogens (tertiary/aromatic N) is 3. The highest BCUT2D eigenvalue weighted by molar-refractivity contribution is 8.93. The van der Waals surface area contributed by atoms with Gasteiger partial charge in [-0.2, -0.15) is 0 Å². The topological polar surface area (TPSA) is 211 Å². The molecule has 0 saturated heterocycles. The Morgan fingerprint density at radius 2 is 1.29 bits per heavy atom. The van der Waals surface area contributed by atoms with Crippen LogP contribution in [0.5, 0.6) is 0 Å². The van der Waals surface area contributed by atoms with Crippen molar-refractivity contribution in [2.75, 3.05) is 13.1 Å². The number of hydrogen-bond donors (Lipinski definition) is 6. The Morgan fingerprint density at radius 3 is 1.74 bits per heavy atom. The molecule has 2 aromatic heterocycles. The lowest BCUT2D eigenvalue weighted by Gasteiger charge is -2.21. The molecule has 2 heterocycles. The van der Waals surface area contributed by atoms with Gasteiger partial charge in [-0.05, 0) is 56.5 Å². The predicted molar refractivity (Wildman–Crippen MR) is 156 cm³/mol. The molecular formula is C27H37BrN6O8. The molecule has 230 valence electrons. The van der Waals surface area contributed by atoms with Crippen molar-refractivity contribution >= 4 is 46.8 Å². The number of hydrogen-bond acceptors (Lipinski definition) is 8. The van der Waals surface area contributed by atoms with Crippen molar-refractivity contribution < 1.29 is 39.3 Å². The summed E-state index contributed by atoms with van der Waals surface area (Å²) in [7, 11) is 0. The predicted octanol–water partition coefficient (Wildman–Crippen LogP) is 1.80. The number of rotatable bonds is 19. The summed E-state index contributed by atoms with van der Waals surface area (Å²) in [6.45, 7) is 2.42. The first-order valence-electron chi connectivity index (χ1n) is 13.2. The number of halogens is 1. The lowest BCUT2D eigenvalue weighted by atomic mass is 10.1. The highest BCUT2D eigenvalue weighted by Crippen LogP contribution is 2.08. The van der Waals surface area contributed by atoms with E-state index in [1.807, 2.05) is 41.7 Å². The van der Waals surface area contributed by atoms with Crippen molar-refractivity contribution in [3.63, 3.8) is 0 Å². The van der Waals surface area contributed by atoms with Gasteiger partial charge >= 0.3 is 23.9 Å². The second-order valence-corrected chi connectivity index (χ2v) is 9.28. The van der Waals surface area contributed by atoms with Gasteiger partial charge in [0, 0.05) is 44.9 Å². The fourth-order valence-corrected chi connectivity index (χ4v) is 3.85. The number of urea groups is 1. The van der Waals surface area contributed by atoms with Crippen LogP contribution in [0.4, 0.5) is 4.79 Å². The van der Waals surface area contributed by atoms with E-state index in [0.29, 0.717) is 26.1 Å². The van der Waals surface area contributed by atoms with E-state index >= 15 is 0 Å². The van der Waals surface area contributed by atoms with E-state index in [1.54, 1.807) is 12.4 Å². The van der Waals surface area contributed by atoms with Crippen LogP contribution in [0, 0.1) is 0 Å². The molecule has 42 heavy (non-hydrogen) atoms. The molecule has 0 aliphatic carbocycles. The molecule has 2 aromatic rings. The van der Waals surface area contributed by atoms with Gasteiger partial charge in [0.2, 0.25) is 5.91 Å². The average Bonchev–Trinajstić information content (AvgIpc) is 2.93. The van der Waals surface area contributed by atoms with Gasteiger partial charge in [0.1, 0.15) is 12.1 Å². The quantitative estimate of drug-likeness (QED) is 0.120. The van der Waals surface area contributed by atoms with E-state index < -0.39 is 42.4 Å². The lowest BCUT2D eigenvalue weighted by Crippen LogP contribution is -2.51. The van der Waals surface area contributed by atoms with Gasteiger partial charge in [-0.15, -0.1) is 17.0 Å². The maximum absolute atomic E-state index is 12.3. The summed E-state index contributed by atoms with van der Waals surface area (Å²) < 4.78 is 0. The molecule has 0 aliphatic rings. The van der Waals surface area contributed by atoms with E-state index in [9.17, 15) is 29.1 Å². The van der Waals surface area contributed by atoms with E-state index in [0.717, 1.165) is 24.4 Å². The lowest BCUT2D eigenvalue weighted by molar-refractivity contribution is -0.141. The van der Waals surface area contributed by atoms with E-state index in [1.165, 1.54) is 0 Å². The number of carboxylic acids is 3. The molecule has 14 nitrogen and oxygen atoms in total. The Kier molecular flexibility index (Phi) is 17.0. The Bertz CT molecular complexity index is 1100. The average molecular weight is 654 g/mol. The molecule has 2 rings (SSSR count). The molecule has 15 heteroatoms. The maximum Gasteiger partial charge on any atom is 0.326 e. The van der Waals surface area contributed by atoms with Gasteiger partial charge in [0.15, 0.2) is 0 Å². The Balaban J connectivity index is 0.00000882. The van der Waals surface area contributed by atoms with Crippen LogP contribution >= 0.6 is 17.0 Å². The zero-order valence-corrected chi connectivity index (χ0v) is 24.7. The first-order chi connectivity index (χ1) is 19.6. The first kappa shape index (κ1) is 35.9.